The summed E-state index contributed by atoms with van der Waals surface area (Å²) in [7, 11) is 3.77. The predicted octanol–water partition coefficient (Wildman–Crippen LogP) is 6.84. The number of aliphatic hydroxyl groups excluding tert-OH is 1. The average Bonchev–Trinajstić information content (AvgIpc) is 3.91. The molecular weight excluding hydrogens is 956 g/mol. The molecule has 13 atom stereocenters. The molecule has 4 aliphatic rings. The van der Waals surface area contributed by atoms with E-state index in [9.17, 15) is 24.3 Å². The number of carbonyl (C=O) groups is 4. The number of nitrogens with zero attached hydrogens (tertiary/aromatic N) is 1. The Labute approximate surface area is 392 Å². The number of thioether (sulfide) groups is 1. The van der Waals surface area contributed by atoms with Crippen molar-refractivity contribution in [2.45, 2.75) is 136 Å². The van der Waals surface area contributed by atoms with Gasteiger partial charge in [-0.1, -0.05) is 102 Å². The van der Waals surface area contributed by atoms with Gasteiger partial charge in [-0.2, -0.15) is 0 Å². The van der Waals surface area contributed by atoms with Gasteiger partial charge in [-0.15, -0.1) is 0 Å². The summed E-state index contributed by atoms with van der Waals surface area (Å²) >= 11 is 1.76. The standard InChI is InChI=1S/C47H69IN4O11S/c1-12-36-47(9)39(50-44(56)63-47)29(5)34(20-23-58-45(57)51-49-22-14-15-32-16-18-33(19-17-32)41-48-21-24-64-41)27(3)26-46(8,59-13-2)40(30(6)37(53)31(7)42(55)61-36)62-43-38(54)35(52(10)11)25-28(4)60-43/h14-21,24,27-31,35-36,38-40,43,49,54H,12-13,22-23,25-26H2,1-11H3,(H,50,56)(H,51,57)/b15-14+,34-20+/t27-,28-,29+,30+,31-,35+,36-,38-,39-,40-,43+,46-,47-/m1/s1. The number of Topliss-reactive ketones (excluding diaryl/α,β-unsaturated/α-hetero) is 1. The first-order valence-electron chi connectivity index (χ1n) is 22.3. The SMILES string of the molecule is CCO[C@]1(C)C[C@@H](C)/C(=C\COC(=O)NNC/C=C/c2ccc(C3=IC=CS3)cc2)[C@H](C)[C@H]2NC(=O)O[C@]2(C)[C@@H](CC)OC(=O)[C@H](C)C(=O)[C@H](C)[C@H]1O[C@@H]1O[C@H](C)C[C@H](N(C)C)[C@H]1O. The second-order valence-corrected chi connectivity index (χ2v) is 21.9. The monoisotopic (exact) mass is 1020 g/mol. The Balaban J connectivity index is 1.41. The van der Waals surface area contributed by atoms with Crippen molar-refractivity contribution in [2.24, 2.45) is 23.7 Å². The summed E-state index contributed by atoms with van der Waals surface area (Å²) in [5.41, 5.74) is 6.03. The maximum atomic E-state index is 14.5. The largest absolute Gasteiger partial charge is 0.458 e. The van der Waals surface area contributed by atoms with Gasteiger partial charge in [0.2, 0.25) is 0 Å². The highest BCUT2D eigenvalue weighted by Crippen LogP contribution is 2.43. The molecule has 5 rings (SSSR count). The number of hydrogen-bond donors (Lipinski definition) is 4. The summed E-state index contributed by atoms with van der Waals surface area (Å²) in [6, 6.07) is 7.44. The van der Waals surface area contributed by atoms with Crippen molar-refractivity contribution in [1.29, 1.82) is 0 Å². The summed E-state index contributed by atoms with van der Waals surface area (Å²) in [6.07, 6.45) is 1.12. The fourth-order valence-corrected chi connectivity index (χ4v) is 13.3. The van der Waals surface area contributed by atoms with Gasteiger partial charge in [0.1, 0.15) is 24.7 Å². The molecule has 3 saturated heterocycles. The number of ether oxygens (including phenoxy) is 6. The Morgan fingerprint density at radius 1 is 1.08 bits per heavy atom. The number of esters is 1. The van der Waals surface area contributed by atoms with Crippen molar-refractivity contribution in [3.63, 3.8) is 0 Å². The predicted molar refractivity (Wildman–Crippen MR) is 257 cm³/mol. The molecule has 4 N–H and O–H groups in total. The molecule has 4 heterocycles. The molecule has 4 aliphatic heterocycles. The molecule has 356 valence electrons. The highest BCUT2D eigenvalue weighted by Gasteiger charge is 2.56. The third-order valence-electron chi connectivity index (χ3n) is 12.9. The van der Waals surface area contributed by atoms with Crippen LogP contribution in [0, 0.1) is 23.7 Å². The summed E-state index contributed by atoms with van der Waals surface area (Å²) < 4.78 is 41.0. The summed E-state index contributed by atoms with van der Waals surface area (Å²) in [4.78, 5) is 56.4. The Hall–Kier alpha value is -3.17. The molecule has 0 spiro atoms. The highest BCUT2D eigenvalue weighted by molar-refractivity contribution is 14.2. The molecule has 0 aliphatic carbocycles. The molecule has 0 radical (unpaired) electrons. The molecule has 15 nitrogen and oxygen atoms in total. The Bertz CT molecular complexity index is 1930. The van der Waals surface area contributed by atoms with Crippen molar-refractivity contribution in [3.05, 3.63) is 62.6 Å². The zero-order valence-electron chi connectivity index (χ0n) is 39.1. The van der Waals surface area contributed by atoms with Crippen molar-refractivity contribution < 1.29 is 52.7 Å². The maximum absolute atomic E-state index is 14.5. The van der Waals surface area contributed by atoms with Gasteiger partial charge in [-0.05, 0) is 101 Å². The van der Waals surface area contributed by atoms with Crippen LogP contribution in [-0.2, 0) is 38.0 Å². The van der Waals surface area contributed by atoms with Crippen LogP contribution in [-0.4, -0.2) is 125 Å². The molecule has 17 heteroatoms. The van der Waals surface area contributed by atoms with Gasteiger partial charge in [-0.3, -0.25) is 15.0 Å². The molecule has 2 amide bonds. The fourth-order valence-electron chi connectivity index (χ4n) is 9.57. The minimum Gasteiger partial charge on any atom is -0.458 e. The van der Waals surface area contributed by atoms with Crippen LogP contribution in [0.25, 0.3) is 6.08 Å². The van der Waals surface area contributed by atoms with E-state index in [0.717, 1.165) is 11.1 Å². The molecule has 64 heavy (non-hydrogen) atoms. The summed E-state index contributed by atoms with van der Waals surface area (Å²) in [6.45, 7) is 16.8. The number of aliphatic hydroxyl groups is 1. The number of benzene rings is 1. The van der Waals surface area contributed by atoms with Crippen LogP contribution in [0.15, 0.2) is 51.5 Å². The van der Waals surface area contributed by atoms with Crippen LogP contribution in [0.4, 0.5) is 9.59 Å². The second kappa shape index (κ2) is 23.0. The van der Waals surface area contributed by atoms with Crippen molar-refractivity contribution in [3.8, 4) is 0 Å². The number of cyclic esters (lactones) is 1. The van der Waals surface area contributed by atoms with E-state index >= 15 is 0 Å². The van der Waals surface area contributed by atoms with E-state index in [-0.39, 0.29) is 64.8 Å². The van der Waals surface area contributed by atoms with E-state index < -0.39 is 83.5 Å². The van der Waals surface area contributed by atoms with Crippen LogP contribution < -0.4 is 16.2 Å². The van der Waals surface area contributed by atoms with Gasteiger partial charge in [0.05, 0.1) is 26.7 Å². The zero-order valence-corrected chi connectivity index (χ0v) is 42.0. The van der Waals surface area contributed by atoms with E-state index in [1.807, 2.05) is 78.8 Å². The third kappa shape index (κ3) is 12.4. The second-order valence-electron chi connectivity index (χ2n) is 17.8. The van der Waals surface area contributed by atoms with Gasteiger partial charge >= 0.3 is 18.2 Å². The van der Waals surface area contributed by atoms with Gasteiger partial charge in [0.25, 0.3) is 0 Å². The number of carbonyl (C=O) groups excluding carboxylic acids is 4. The molecular formula is C47H69IN4O11S. The van der Waals surface area contributed by atoms with Gasteiger partial charge in [0, 0.05) is 31.0 Å². The summed E-state index contributed by atoms with van der Waals surface area (Å²) in [5, 5.41) is 16.7. The summed E-state index contributed by atoms with van der Waals surface area (Å²) in [5.74, 6) is -4.14. The minimum atomic E-state index is -1.33. The molecule has 3 fully saturated rings. The molecule has 0 unspecified atom stereocenters. The molecule has 0 saturated carbocycles. The quantitative estimate of drug-likeness (QED) is 0.0307. The Morgan fingerprint density at radius 2 is 1.80 bits per heavy atom. The fraction of sp³-hybridized carbons (Fsp3) is 0.638. The lowest BCUT2D eigenvalue weighted by Crippen LogP contribution is -2.59. The van der Waals surface area contributed by atoms with Crippen LogP contribution in [0.5, 0.6) is 0 Å². The van der Waals surface area contributed by atoms with Crippen LogP contribution in [0.3, 0.4) is 0 Å². The number of hydrazine groups is 1. The van der Waals surface area contributed by atoms with Crippen molar-refractivity contribution in [2.75, 3.05) is 33.9 Å². The molecule has 0 bridgehead atoms. The number of hydrogen-bond acceptors (Lipinski definition) is 14. The number of fused-ring (bicyclic) bond motifs is 1. The Morgan fingerprint density at radius 3 is 2.44 bits per heavy atom. The number of likely N-dealkylation sites (N-methyl/N-ethyl adjacent to an activating group) is 1. The number of amides is 2. The van der Waals surface area contributed by atoms with Crippen LogP contribution in [0.1, 0.15) is 92.7 Å². The lowest BCUT2D eigenvalue weighted by Gasteiger charge is -2.47. The normalized spacial score (nSPS) is 35.8. The first-order valence-corrected chi connectivity index (χ1v) is 25.5. The van der Waals surface area contributed by atoms with E-state index in [0.29, 0.717) is 13.0 Å². The van der Waals surface area contributed by atoms with Crippen LogP contribution >= 0.6 is 32.5 Å². The maximum Gasteiger partial charge on any atom is 0.421 e. The van der Waals surface area contributed by atoms with E-state index in [1.54, 1.807) is 25.6 Å². The van der Waals surface area contributed by atoms with Gasteiger partial charge < -0.3 is 43.7 Å². The van der Waals surface area contributed by atoms with Crippen molar-refractivity contribution >= 4 is 65.3 Å². The lowest BCUT2D eigenvalue weighted by molar-refractivity contribution is -0.297. The first kappa shape index (κ1) is 51.8. The van der Waals surface area contributed by atoms with Gasteiger partial charge in [0.15, 0.2) is 17.7 Å². The number of alkyl carbamates (subject to hydrolysis) is 1. The molecule has 0 aromatic heterocycles. The first-order chi connectivity index (χ1) is 30.3. The lowest BCUT2D eigenvalue weighted by atomic mass is 9.71. The number of halogens is 1. The molecule has 1 aromatic carbocycles. The van der Waals surface area contributed by atoms with E-state index in [4.69, 9.17) is 28.4 Å². The zero-order chi connectivity index (χ0) is 46.9. The number of nitrogens with one attached hydrogen (secondary N) is 3. The van der Waals surface area contributed by atoms with Crippen molar-refractivity contribution in [1.82, 2.24) is 21.1 Å². The number of rotatable bonds is 13. The van der Waals surface area contributed by atoms with Crippen LogP contribution in [0.2, 0.25) is 0 Å². The topological polar surface area (TPSA) is 183 Å². The smallest absolute Gasteiger partial charge is 0.421 e. The Kier molecular flexibility index (Phi) is 18.6. The van der Waals surface area contributed by atoms with E-state index in [1.165, 1.54) is 15.3 Å². The van der Waals surface area contributed by atoms with E-state index in [2.05, 4.69) is 49.9 Å². The van der Waals surface area contributed by atoms with Gasteiger partial charge in [-0.25, -0.2) is 15.0 Å². The number of ketones is 1. The highest BCUT2D eigenvalue weighted by atomic mass is 127. The minimum absolute atomic E-state index is 0.0387. The molecule has 1 aromatic rings. The average molecular weight is 1030 g/mol. The third-order valence-corrected chi connectivity index (χ3v) is 17.3.